The molecule has 3 aromatic rings. The second-order valence-corrected chi connectivity index (χ2v) is 6.57. The second-order valence-electron chi connectivity index (χ2n) is 6.13. The molecule has 144 valence electrons. The van der Waals surface area contributed by atoms with Gasteiger partial charge in [0.2, 0.25) is 5.91 Å². The Morgan fingerprint density at radius 2 is 1.83 bits per heavy atom. The number of nitrogens with zero attached hydrogens (tertiary/aromatic N) is 3. The van der Waals surface area contributed by atoms with Gasteiger partial charge in [0.05, 0.1) is 18.1 Å². The van der Waals surface area contributed by atoms with E-state index in [4.69, 9.17) is 16.9 Å². The molecule has 7 nitrogen and oxygen atoms in total. The minimum Gasteiger partial charge on any atom is -0.347 e. The van der Waals surface area contributed by atoms with Crippen LogP contribution in [0.5, 0.6) is 0 Å². The summed E-state index contributed by atoms with van der Waals surface area (Å²) in [5.74, 6) is -0.451. The van der Waals surface area contributed by atoms with Gasteiger partial charge in [-0.05, 0) is 35.4 Å². The van der Waals surface area contributed by atoms with E-state index in [-0.39, 0.29) is 30.4 Å². The molecular formula is C21H16ClN5O2. The number of nitrogens with one attached hydrogen (secondary N) is 2. The van der Waals surface area contributed by atoms with Gasteiger partial charge in [0.1, 0.15) is 17.8 Å². The molecule has 2 amide bonds. The van der Waals surface area contributed by atoms with E-state index in [2.05, 4.69) is 20.6 Å². The van der Waals surface area contributed by atoms with Crippen molar-refractivity contribution in [2.45, 2.75) is 13.0 Å². The number of halogens is 1. The first-order valence-corrected chi connectivity index (χ1v) is 9.05. The molecule has 0 aliphatic rings. The number of carbonyl (C=O) groups excluding carboxylic acids is 2. The zero-order chi connectivity index (χ0) is 20.6. The molecule has 0 unspecified atom stereocenters. The zero-order valence-corrected chi connectivity index (χ0v) is 16.0. The zero-order valence-electron chi connectivity index (χ0n) is 15.2. The van der Waals surface area contributed by atoms with Gasteiger partial charge < -0.3 is 10.6 Å². The third-order valence-corrected chi connectivity index (χ3v) is 4.19. The first kappa shape index (κ1) is 20.0. The van der Waals surface area contributed by atoms with E-state index in [1.807, 2.05) is 6.07 Å². The molecule has 0 atom stereocenters. The van der Waals surface area contributed by atoms with E-state index in [0.717, 1.165) is 11.1 Å². The summed E-state index contributed by atoms with van der Waals surface area (Å²) < 4.78 is 0. The van der Waals surface area contributed by atoms with Crippen LogP contribution in [0.2, 0.25) is 5.02 Å². The van der Waals surface area contributed by atoms with E-state index >= 15 is 0 Å². The lowest BCUT2D eigenvalue weighted by Crippen LogP contribution is -2.24. The average Bonchev–Trinajstić information content (AvgIpc) is 2.72. The fourth-order valence-corrected chi connectivity index (χ4v) is 2.75. The summed E-state index contributed by atoms with van der Waals surface area (Å²) in [6.07, 6.45) is 1.34. The normalized spacial score (nSPS) is 10.1. The lowest BCUT2D eigenvalue weighted by molar-refractivity contribution is -0.115. The third-order valence-electron chi connectivity index (χ3n) is 3.96. The van der Waals surface area contributed by atoms with Gasteiger partial charge in [-0.25, -0.2) is 9.97 Å². The molecule has 0 saturated heterocycles. The number of benzene rings is 2. The molecule has 3 rings (SSSR count). The average molecular weight is 406 g/mol. The first-order valence-electron chi connectivity index (χ1n) is 8.67. The molecule has 2 aromatic carbocycles. The monoisotopic (exact) mass is 405 g/mol. The van der Waals surface area contributed by atoms with Crippen molar-refractivity contribution in [1.82, 2.24) is 15.3 Å². The number of hydrogen-bond donors (Lipinski definition) is 2. The molecule has 0 spiro atoms. The van der Waals surface area contributed by atoms with Crippen LogP contribution in [0.4, 0.5) is 5.82 Å². The summed E-state index contributed by atoms with van der Waals surface area (Å²) in [6.45, 7) is 0.283. The molecule has 1 aromatic heterocycles. The first-order chi connectivity index (χ1) is 14.0. The molecule has 0 radical (unpaired) electrons. The van der Waals surface area contributed by atoms with Gasteiger partial charge in [0.15, 0.2) is 0 Å². The van der Waals surface area contributed by atoms with Crippen molar-refractivity contribution in [2.24, 2.45) is 0 Å². The Morgan fingerprint density at radius 1 is 1.03 bits per heavy atom. The van der Waals surface area contributed by atoms with Crippen molar-refractivity contribution in [2.75, 3.05) is 5.32 Å². The van der Waals surface area contributed by atoms with E-state index in [0.29, 0.717) is 10.6 Å². The summed E-state index contributed by atoms with van der Waals surface area (Å²) in [5, 5.41) is 14.8. The van der Waals surface area contributed by atoms with Crippen molar-refractivity contribution < 1.29 is 9.59 Å². The maximum Gasteiger partial charge on any atom is 0.270 e. The smallest absolute Gasteiger partial charge is 0.270 e. The van der Waals surface area contributed by atoms with Gasteiger partial charge in [0.25, 0.3) is 5.91 Å². The number of carbonyl (C=O) groups is 2. The van der Waals surface area contributed by atoms with E-state index in [1.165, 1.54) is 12.4 Å². The molecule has 0 fully saturated rings. The highest BCUT2D eigenvalue weighted by Crippen LogP contribution is 2.12. The SMILES string of the molecule is N#Cc1ccc(CNC(=O)c2cc(NC(=O)Cc3cccc(Cl)c3)ncn2)cc1. The van der Waals surface area contributed by atoms with Crippen molar-refractivity contribution in [3.63, 3.8) is 0 Å². The Balaban J connectivity index is 1.58. The van der Waals surface area contributed by atoms with Crippen LogP contribution in [0, 0.1) is 11.3 Å². The minimum absolute atomic E-state index is 0.130. The molecule has 8 heteroatoms. The van der Waals surface area contributed by atoms with E-state index in [1.54, 1.807) is 48.5 Å². The highest BCUT2D eigenvalue weighted by atomic mass is 35.5. The highest BCUT2D eigenvalue weighted by molar-refractivity contribution is 6.30. The Morgan fingerprint density at radius 3 is 2.55 bits per heavy atom. The van der Waals surface area contributed by atoms with E-state index in [9.17, 15) is 9.59 Å². The van der Waals surface area contributed by atoms with Gasteiger partial charge in [0, 0.05) is 17.6 Å². The molecule has 0 aliphatic carbocycles. The predicted molar refractivity (Wildman–Crippen MR) is 108 cm³/mol. The number of nitriles is 1. The third kappa shape index (κ3) is 5.86. The number of hydrogen-bond acceptors (Lipinski definition) is 5. The largest absolute Gasteiger partial charge is 0.347 e. The Hall–Kier alpha value is -3.76. The van der Waals surface area contributed by atoms with Crippen molar-refractivity contribution in [3.05, 3.63) is 88.3 Å². The van der Waals surface area contributed by atoms with Crippen molar-refractivity contribution in [1.29, 1.82) is 5.26 Å². The van der Waals surface area contributed by atoms with Crippen LogP contribution in [-0.2, 0) is 17.8 Å². The molecule has 0 aliphatic heterocycles. The van der Waals surface area contributed by atoms with Gasteiger partial charge in [-0.15, -0.1) is 0 Å². The predicted octanol–water partition coefficient (Wildman–Crippen LogP) is 3.11. The summed E-state index contributed by atoms with van der Waals surface area (Å²) >= 11 is 5.92. The van der Waals surface area contributed by atoms with Gasteiger partial charge >= 0.3 is 0 Å². The van der Waals surface area contributed by atoms with Crippen LogP contribution in [0.25, 0.3) is 0 Å². The Kier molecular flexibility index (Phi) is 6.51. The standard InChI is InChI=1S/C21H16ClN5O2/c22-17-3-1-2-16(8-17)9-20(28)27-19-10-18(25-13-26-19)21(29)24-12-15-6-4-14(11-23)5-7-15/h1-8,10,13H,9,12H2,(H,24,29)(H,25,26,27,28). The minimum atomic E-state index is -0.401. The fraction of sp³-hybridized carbons (Fsp3) is 0.0952. The van der Waals surface area contributed by atoms with Crippen LogP contribution >= 0.6 is 11.6 Å². The highest BCUT2D eigenvalue weighted by Gasteiger charge is 2.11. The van der Waals surface area contributed by atoms with Crippen LogP contribution in [0.3, 0.4) is 0 Å². The Bertz CT molecular complexity index is 1080. The second kappa shape index (κ2) is 9.44. The Labute approximate surface area is 172 Å². The van der Waals surface area contributed by atoms with E-state index < -0.39 is 5.91 Å². The van der Waals surface area contributed by atoms with Gasteiger partial charge in [-0.2, -0.15) is 5.26 Å². The molecule has 29 heavy (non-hydrogen) atoms. The van der Waals surface area contributed by atoms with Crippen molar-refractivity contribution in [3.8, 4) is 6.07 Å². The van der Waals surface area contributed by atoms with Crippen LogP contribution in [0.15, 0.2) is 60.9 Å². The summed E-state index contributed by atoms with van der Waals surface area (Å²) in [4.78, 5) is 32.5. The molecule has 0 bridgehead atoms. The summed E-state index contributed by atoms with van der Waals surface area (Å²) in [6, 6.07) is 17.3. The number of amides is 2. The summed E-state index contributed by atoms with van der Waals surface area (Å²) in [7, 11) is 0. The van der Waals surface area contributed by atoms with Crippen LogP contribution in [0.1, 0.15) is 27.2 Å². The fourth-order valence-electron chi connectivity index (χ4n) is 2.54. The topological polar surface area (TPSA) is 108 Å². The lowest BCUT2D eigenvalue weighted by Gasteiger charge is -2.07. The molecule has 1 heterocycles. The van der Waals surface area contributed by atoms with Crippen molar-refractivity contribution >= 4 is 29.2 Å². The maximum atomic E-state index is 12.3. The van der Waals surface area contributed by atoms with Crippen LogP contribution < -0.4 is 10.6 Å². The lowest BCUT2D eigenvalue weighted by atomic mass is 10.1. The molecular weight excluding hydrogens is 390 g/mol. The maximum absolute atomic E-state index is 12.3. The molecule has 0 saturated carbocycles. The number of anilines is 1. The van der Waals surface area contributed by atoms with Gasteiger partial charge in [-0.1, -0.05) is 35.9 Å². The number of rotatable bonds is 6. The number of aromatic nitrogens is 2. The summed E-state index contributed by atoms with van der Waals surface area (Å²) in [5.41, 5.74) is 2.30. The van der Waals surface area contributed by atoms with Gasteiger partial charge in [-0.3, -0.25) is 9.59 Å². The molecule has 2 N–H and O–H groups in total. The van der Waals surface area contributed by atoms with Crippen LogP contribution in [-0.4, -0.2) is 21.8 Å². The quantitative estimate of drug-likeness (QED) is 0.655.